The number of oxime groups is 1. The number of rotatable bonds is 4. The number of Topliss-reactive ketones (excluding diaryl/α,β-unsaturated/α-hetero) is 1. The van der Waals surface area contributed by atoms with E-state index in [0.29, 0.717) is 6.54 Å². The van der Waals surface area contributed by atoms with E-state index in [2.05, 4.69) is 27.2 Å². The van der Waals surface area contributed by atoms with Crippen molar-refractivity contribution in [2.45, 2.75) is 19.5 Å². The molecule has 0 bridgehead atoms. The van der Waals surface area contributed by atoms with E-state index in [1.54, 1.807) is 6.07 Å². The van der Waals surface area contributed by atoms with Gasteiger partial charge in [0.15, 0.2) is 0 Å². The van der Waals surface area contributed by atoms with E-state index in [0.717, 1.165) is 37.0 Å². The smallest absolute Gasteiger partial charge is 0.259 e. The summed E-state index contributed by atoms with van der Waals surface area (Å²) < 4.78 is 0. The molecular weight excluding hydrogens is 294 g/mol. The fraction of sp³-hybridized carbons (Fsp3) is 0.235. The van der Waals surface area contributed by atoms with Gasteiger partial charge in [-0.2, -0.15) is 0 Å². The lowest BCUT2D eigenvalue weighted by Gasteiger charge is -2.28. The van der Waals surface area contributed by atoms with Gasteiger partial charge in [-0.1, -0.05) is 35.5 Å². The van der Waals surface area contributed by atoms with Crippen LogP contribution in [0.15, 0.2) is 46.3 Å². The molecule has 0 aliphatic carbocycles. The van der Waals surface area contributed by atoms with Crippen molar-refractivity contribution in [3.05, 3.63) is 69.1 Å². The monoisotopic (exact) mass is 311 g/mol. The quantitative estimate of drug-likeness (QED) is 0.388. The summed E-state index contributed by atoms with van der Waals surface area (Å²) in [5.74, 6) is -0.600. The number of hydrogen-bond acceptors (Lipinski definition) is 5. The molecule has 0 fully saturated rings. The number of pyridine rings is 1. The first-order valence-electron chi connectivity index (χ1n) is 7.40. The topological polar surface area (TPSA) is 85.8 Å². The minimum atomic E-state index is -0.600. The van der Waals surface area contributed by atoms with E-state index < -0.39 is 11.3 Å². The number of benzene rings is 1. The lowest BCUT2D eigenvalue weighted by Crippen LogP contribution is -2.33. The molecule has 3 rings (SSSR count). The van der Waals surface area contributed by atoms with Gasteiger partial charge in [-0.25, -0.2) is 0 Å². The Bertz CT molecular complexity index is 796. The number of hydrogen-bond donors (Lipinski definition) is 2. The van der Waals surface area contributed by atoms with Crippen molar-refractivity contribution >= 4 is 12.0 Å². The van der Waals surface area contributed by atoms with Crippen LogP contribution in [0.5, 0.6) is 0 Å². The fourth-order valence-corrected chi connectivity index (χ4v) is 2.85. The molecule has 23 heavy (non-hydrogen) atoms. The average molecular weight is 311 g/mol. The average Bonchev–Trinajstić information content (AvgIpc) is 2.55. The van der Waals surface area contributed by atoms with E-state index in [9.17, 15) is 9.59 Å². The SMILES string of the molecule is O=C(/C=N/O)c1cc2c([nH]c1=O)CCN(Cc1ccccc1)C2. The third-order valence-electron chi connectivity index (χ3n) is 3.98. The number of carbonyl (C=O) groups excluding carboxylic acids is 1. The molecule has 118 valence electrons. The lowest BCUT2D eigenvalue weighted by molar-refractivity contribution is 0.106. The summed E-state index contributed by atoms with van der Waals surface area (Å²) >= 11 is 0. The van der Waals surface area contributed by atoms with Gasteiger partial charge < -0.3 is 10.2 Å². The lowest BCUT2D eigenvalue weighted by atomic mass is 10.0. The third-order valence-corrected chi connectivity index (χ3v) is 3.98. The van der Waals surface area contributed by atoms with Gasteiger partial charge in [0.25, 0.3) is 5.56 Å². The summed E-state index contributed by atoms with van der Waals surface area (Å²) in [5, 5.41) is 11.2. The first kappa shape index (κ1) is 15.2. The highest BCUT2D eigenvalue weighted by Gasteiger charge is 2.20. The van der Waals surface area contributed by atoms with Crippen LogP contribution < -0.4 is 5.56 Å². The van der Waals surface area contributed by atoms with E-state index in [-0.39, 0.29) is 5.56 Å². The Morgan fingerprint density at radius 2 is 2.13 bits per heavy atom. The first-order valence-corrected chi connectivity index (χ1v) is 7.40. The molecule has 2 heterocycles. The summed E-state index contributed by atoms with van der Waals surface area (Å²) in [5.41, 5.74) is 2.59. The number of carbonyl (C=O) groups is 1. The number of fused-ring (bicyclic) bond motifs is 1. The summed E-state index contributed by atoms with van der Waals surface area (Å²) in [6.07, 6.45) is 1.47. The van der Waals surface area contributed by atoms with Crippen molar-refractivity contribution in [1.82, 2.24) is 9.88 Å². The maximum Gasteiger partial charge on any atom is 0.259 e. The maximum atomic E-state index is 11.9. The zero-order valence-corrected chi connectivity index (χ0v) is 12.5. The predicted octanol–water partition coefficient (Wildman–Crippen LogP) is 1.58. The van der Waals surface area contributed by atoms with Crippen LogP contribution in [0.25, 0.3) is 0 Å². The molecule has 2 aromatic rings. The predicted molar refractivity (Wildman–Crippen MR) is 85.9 cm³/mol. The van der Waals surface area contributed by atoms with Crippen LogP contribution in [0.4, 0.5) is 0 Å². The standard InChI is InChI=1S/C17H17N3O3/c21-16(9-18-23)14-8-13-11-20(7-6-15(13)19-17(14)22)10-12-4-2-1-3-5-12/h1-5,8-9,23H,6-7,10-11H2,(H,19,22)/b18-9+. The minimum Gasteiger partial charge on any atom is -0.411 e. The fourth-order valence-electron chi connectivity index (χ4n) is 2.85. The molecule has 1 aromatic heterocycles. The van der Waals surface area contributed by atoms with Crippen molar-refractivity contribution in [1.29, 1.82) is 0 Å². The van der Waals surface area contributed by atoms with Crippen LogP contribution >= 0.6 is 0 Å². The Kier molecular flexibility index (Phi) is 4.34. The molecule has 0 atom stereocenters. The molecule has 6 heteroatoms. The van der Waals surface area contributed by atoms with Gasteiger partial charge >= 0.3 is 0 Å². The second-order valence-corrected chi connectivity index (χ2v) is 5.57. The van der Waals surface area contributed by atoms with Crippen LogP contribution in [0, 0.1) is 0 Å². The summed E-state index contributed by atoms with van der Waals surface area (Å²) in [6, 6.07) is 11.8. The molecule has 0 spiro atoms. The van der Waals surface area contributed by atoms with Crippen molar-refractivity contribution in [2.75, 3.05) is 6.54 Å². The Morgan fingerprint density at radius 3 is 2.87 bits per heavy atom. The Labute approximate surface area is 133 Å². The van der Waals surface area contributed by atoms with Crippen molar-refractivity contribution in [3.8, 4) is 0 Å². The Hall–Kier alpha value is -2.73. The zero-order valence-electron chi connectivity index (χ0n) is 12.5. The van der Waals surface area contributed by atoms with Gasteiger partial charge in [-0.15, -0.1) is 0 Å². The Balaban J connectivity index is 1.83. The zero-order chi connectivity index (χ0) is 16.2. The van der Waals surface area contributed by atoms with Gasteiger partial charge in [-0.05, 0) is 17.2 Å². The van der Waals surface area contributed by atoms with Crippen LogP contribution in [-0.2, 0) is 19.5 Å². The highest BCUT2D eigenvalue weighted by Crippen LogP contribution is 2.18. The molecule has 1 aliphatic heterocycles. The van der Waals surface area contributed by atoms with Gasteiger partial charge in [0, 0.05) is 31.7 Å². The molecule has 0 saturated heterocycles. The summed E-state index contributed by atoms with van der Waals surface area (Å²) in [7, 11) is 0. The van der Waals surface area contributed by atoms with E-state index in [1.807, 2.05) is 18.2 Å². The van der Waals surface area contributed by atoms with Crippen LogP contribution in [0.2, 0.25) is 0 Å². The number of nitrogens with zero attached hydrogens (tertiary/aromatic N) is 2. The van der Waals surface area contributed by atoms with Crippen LogP contribution in [0.1, 0.15) is 27.2 Å². The summed E-state index contributed by atoms with van der Waals surface area (Å²) in [4.78, 5) is 28.8. The minimum absolute atomic E-state index is 0.00288. The number of nitrogens with one attached hydrogen (secondary N) is 1. The molecule has 2 N–H and O–H groups in total. The van der Waals surface area contributed by atoms with Crippen molar-refractivity contribution in [2.24, 2.45) is 5.16 Å². The maximum absolute atomic E-state index is 11.9. The number of aromatic nitrogens is 1. The largest absolute Gasteiger partial charge is 0.411 e. The van der Waals surface area contributed by atoms with Crippen molar-refractivity contribution < 1.29 is 10.0 Å². The normalized spacial score (nSPS) is 14.8. The highest BCUT2D eigenvalue weighted by atomic mass is 16.4. The molecule has 1 aliphatic rings. The summed E-state index contributed by atoms with van der Waals surface area (Å²) in [6.45, 7) is 2.33. The molecule has 0 amide bonds. The van der Waals surface area contributed by atoms with Gasteiger partial charge in [-0.3, -0.25) is 14.5 Å². The van der Waals surface area contributed by atoms with E-state index >= 15 is 0 Å². The van der Waals surface area contributed by atoms with Crippen LogP contribution in [0.3, 0.4) is 0 Å². The third kappa shape index (κ3) is 3.37. The molecule has 1 aromatic carbocycles. The number of aromatic amines is 1. The van der Waals surface area contributed by atoms with E-state index in [4.69, 9.17) is 5.21 Å². The van der Waals surface area contributed by atoms with Gasteiger partial charge in [0.05, 0.1) is 5.56 Å². The van der Waals surface area contributed by atoms with Crippen LogP contribution in [-0.4, -0.2) is 33.6 Å². The molecule has 6 nitrogen and oxygen atoms in total. The van der Waals surface area contributed by atoms with E-state index in [1.165, 1.54) is 5.56 Å². The van der Waals surface area contributed by atoms with Gasteiger partial charge in [0.1, 0.15) is 6.21 Å². The molecular formula is C17H17N3O3. The van der Waals surface area contributed by atoms with Gasteiger partial charge in [0.2, 0.25) is 5.78 Å². The number of ketones is 1. The number of H-pyrrole nitrogens is 1. The van der Waals surface area contributed by atoms with Crippen molar-refractivity contribution in [3.63, 3.8) is 0 Å². The first-order chi connectivity index (χ1) is 11.2. The Morgan fingerprint density at radius 1 is 1.35 bits per heavy atom. The molecule has 0 radical (unpaired) electrons. The molecule has 0 saturated carbocycles. The second-order valence-electron chi connectivity index (χ2n) is 5.57. The second kappa shape index (κ2) is 6.58. The molecule has 0 unspecified atom stereocenters. The highest BCUT2D eigenvalue weighted by molar-refractivity contribution is 6.35.